The van der Waals surface area contributed by atoms with Crippen molar-refractivity contribution in [1.82, 2.24) is 4.98 Å². The minimum Gasteiger partial charge on any atom is -0.477 e. The molecule has 3 nitrogen and oxygen atoms in total. The van der Waals surface area contributed by atoms with Gasteiger partial charge in [0.15, 0.2) is 0 Å². The Morgan fingerprint density at radius 1 is 1.37 bits per heavy atom. The number of nitrogens with zero attached hydrogens (tertiary/aromatic N) is 1. The lowest BCUT2D eigenvalue weighted by atomic mass is 10.1. The molecule has 1 aliphatic heterocycles. The van der Waals surface area contributed by atoms with E-state index in [4.69, 9.17) is 21.1 Å². The van der Waals surface area contributed by atoms with Crippen molar-refractivity contribution in [2.45, 2.75) is 12.3 Å². The molecule has 2 heterocycles. The number of hydrogen-bond acceptors (Lipinski definition) is 3. The van der Waals surface area contributed by atoms with E-state index in [1.54, 1.807) is 0 Å². The summed E-state index contributed by atoms with van der Waals surface area (Å²) >= 11 is 5.89. The van der Waals surface area contributed by atoms with Gasteiger partial charge in [0.2, 0.25) is 5.88 Å². The first-order valence-corrected chi connectivity index (χ1v) is 7.05. The Balaban J connectivity index is 1.87. The van der Waals surface area contributed by atoms with Gasteiger partial charge in [-0.05, 0) is 23.9 Å². The third kappa shape index (κ3) is 2.82. The zero-order valence-corrected chi connectivity index (χ0v) is 11.4. The van der Waals surface area contributed by atoms with Gasteiger partial charge in [0.05, 0.1) is 24.8 Å². The molecule has 1 aliphatic rings. The molecule has 19 heavy (non-hydrogen) atoms. The van der Waals surface area contributed by atoms with Gasteiger partial charge in [-0.3, -0.25) is 0 Å². The fourth-order valence-corrected chi connectivity index (χ4v) is 2.45. The van der Waals surface area contributed by atoms with E-state index in [2.05, 4.69) is 11.1 Å². The molecule has 1 aromatic heterocycles. The number of aromatic nitrogens is 1. The fourth-order valence-electron chi connectivity index (χ4n) is 2.31. The maximum Gasteiger partial charge on any atom is 0.221 e. The van der Waals surface area contributed by atoms with E-state index in [-0.39, 0.29) is 0 Å². The van der Waals surface area contributed by atoms with E-state index in [0.717, 1.165) is 36.1 Å². The lowest BCUT2D eigenvalue weighted by Crippen LogP contribution is -2.12. The molecule has 3 rings (SSSR count). The fraction of sp³-hybridized carbons (Fsp3) is 0.400. The third-order valence-electron chi connectivity index (χ3n) is 3.38. The van der Waals surface area contributed by atoms with Crippen LogP contribution in [-0.4, -0.2) is 24.8 Å². The Hall–Kier alpha value is -1.32. The summed E-state index contributed by atoms with van der Waals surface area (Å²) in [6.07, 6.45) is 1.06. The predicted octanol–water partition coefficient (Wildman–Crippen LogP) is 3.39. The zero-order chi connectivity index (χ0) is 13.1. The van der Waals surface area contributed by atoms with E-state index in [1.807, 2.05) is 24.3 Å². The molecule has 0 N–H and O–H groups in total. The van der Waals surface area contributed by atoms with Crippen molar-refractivity contribution >= 4 is 22.4 Å². The molecule has 0 radical (unpaired) electrons. The number of ether oxygens (including phenoxy) is 2. The summed E-state index contributed by atoms with van der Waals surface area (Å²) in [6, 6.07) is 10.1. The van der Waals surface area contributed by atoms with Crippen molar-refractivity contribution in [2.75, 3.05) is 19.8 Å². The highest BCUT2D eigenvalue weighted by Gasteiger charge is 2.17. The molecule has 0 amide bonds. The molecular weight excluding hydrogens is 262 g/mol. The summed E-state index contributed by atoms with van der Waals surface area (Å²) in [5, 5.41) is 2.15. The highest BCUT2D eigenvalue weighted by atomic mass is 35.5. The van der Waals surface area contributed by atoms with Gasteiger partial charge in [-0.15, -0.1) is 11.6 Å². The van der Waals surface area contributed by atoms with E-state index >= 15 is 0 Å². The predicted molar refractivity (Wildman–Crippen MR) is 75.7 cm³/mol. The first-order chi connectivity index (χ1) is 9.36. The highest BCUT2D eigenvalue weighted by molar-refractivity contribution is 6.17. The van der Waals surface area contributed by atoms with Gasteiger partial charge in [0.25, 0.3) is 0 Å². The van der Waals surface area contributed by atoms with Crippen LogP contribution in [0.4, 0.5) is 0 Å². The molecule has 0 bridgehead atoms. The van der Waals surface area contributed by atoms with Gasteiger partial charge in [-0.1, -0.05) is 18.2 Å². The second-order valence-corrected chi connectivity index (χ2v) is 5.08. The topological polar surface area (TPSA) is 31.4 Å². The second kappa shape index (κ2) is 5.76. The first-order valence-electron chi connectivity index (χ1n) is 6.52. The summed E-state index contributed by atoms with van der Waals surface area (Å²) < 4.78 is 11.3. The van der Waals surface area contributed by atoms with Gasteiger partial charge >= 0.3 is 0 Å². The van der Waals surface area contributed by atoms with Gasteiger partial charge in [0, 0.05) is 17.9 Å². The zero-order valence-electron chi connectivity index (χ0n) is 10.6. The van der Waals surface area contributed by atoms with Crippen LogP contribution in [0, 0.1) is 5.92 Å². The molecule has 1 saturated heterocycles. The van der Waals surface area contributed by atoms with Gasteiger partial charge in [-0.2, -0.15) is 0 Å². The van der Waals surface area contributed by atoms with Crippen LogP contribution in [0.5, 0.6) is 5.88 Å². The molecule has 2 aromatic rings. The molecular formula is C15H16ClNO2. The van der Waals surface area contributed by atoms with Crippen LogP contribution >= 0.6 is 11.6 Å². The number of rotatable bonds is 4. The van der Waals surface area contributed by atoms with Crippen molar-refractivity contribution in [3.05, 3.63) is 36.0 Å². The summed E-state index contributed by atoms with van der Waals surface area (Å²) in [5.41, 5.74) is 0.845. The quantitative estimate of drug-likeness (QED) is 0.803. The number of alkyl halides is 1. The van der Waals surface area contributed by atoms with E-state index < -0.39 is 0 Å². The minimum atomic E-state index is 0.397. The van der Waals surface area contributed by atoms with Crippen LogP contribution in [0.15, 0.2) is 30.3 Å². The van der Waals surface area contributed by atoms with Crippen LogP contribution in [0.25, 0.3) is 10.8 Å². The summed E-state index contributed by atoms with van der Waals surface area (Å²) in [4.78, 5) is 4.49. The normalized spacial score (nSPS) is 18.9. The van der Waals surface area contributed by atoms with Crippen LogP contribution in [-0.2, 0) is 10.6 Å². The lowest BCUT2D eigenvalue weighted by Gasteiger charge is -2.12. The van der Waals surface area contributed by atoms with E-state index in [9.17, 15) is 0 Å². The number of halogens is 1. The molecule has 1 aromatic carbocycles. The maximum absolute atomic E-state index is 5.90. The number of benzene rings is 1. The average Bonchev–Trinajstić information content (AvgIpc) is 2.97. The SMILES string of the molecule is ClCc1cc2ccccc2c(OCC2CCOC2)n1. The largest absolute Gasteiger partial charge is 0.477 e. The van der Waals surface area contributed by atoms with Gasteiger partial charge < -0.3 is 9.47 Å². The number of fused-ring (bicyclic) bond motifs is 1. The van der Waals surface area contributed by atoms with Crippen LogP contribution < -0.4 is 4.74 Å². The summed E-state index contributed by atoms with van der Waals surface area (Å²) in [5.74, 6) is 1.55. The third-order valence-corrected chi connectivity index (χ3v) is 3.65. The first kappa shape index (κ1) is 12.7. The highest BCUT2D eigenvalue weighted by Crippen LogP contribution is 2.26. The number of pyridine rings is 1. The van der Waals surface area contributed by atoms with Gasteiger partial charge in [0.1, 0.15) is 0 Å². The van der Waals surface area contributed by atoms with Crippen molar-refractivity contribution in [3.63, 3.8) is 0 Å². The molecule has 1 atom stereocenters. The van der Waals surface area contributed by atoms with Crippen LogP contribution in [0.1, 0.15) is 12.1 Å². The van der Waals surface area contributed by atoms with Crippen molar-refractivity contribution < 1.29 is 9.47 Å². The smallest absolute Gasteiger partial charge is 0.221 e. The van der Waals surface area contributed by atoms with Crippen molar-refractivity contribution in [1.29, 1.82) is 0 Å². The molecule has 100 valence electrons. The Bertz CT molecular complexity index is 567. The van der Waals surface area contributed by atoms with E-state index in [0.29, 0.717) is 24.3 Å². The molecule has 0 aliphatic carbocycles. The average molecular weight is 278 g/mol. The van der Waals surface area contributed by atoms with Gasteiger partial charge in [-0.25, -0.2) is 4.98 Å². The second-order valence-electron chi connectivity index (χ2n) is 4.81. The summed E-state index contributed by atoms with van der Waals surface area (Å²) in [6.45, 7) is 2.28. The molecule has 4 heteroatoms. The van der Waals surface area contributed by atoms with Crippen LogP contribution in [0.2, 0.25) is 0 Å². The van der Waals surface area contributed by atoms with E-state index in [1.165, 1.54) is 0 Å². The maximum atomic E-state index is 5.90. The summed E-state index contributed by atoms with van der Waals surface area (Å²) in [7, 11) is 0. The lowest BCUT2D eigenvalue weighted by molar-refractivity contribution is 0.166. The van der Waals surface area contributed by atoms with Crippen LogP contribution in [0.3, 0.4) is 0 Å². The standard InChI is InChI=1S/C15H16ClNO2/c16-8-13-7-12-3-1-2-4-14(12)15(17-13)19-10-11-5-6-18-9-11/h1-4,7,11H,5-6,8-10H2. The van der Waals surface area contributed by atoms with Crippen molar-refractivity contribution in [3.8, 4) is 5.88 Å². The Kier molecular flexibility index (Phi) is 3.85. The minimum absolute atomic E-state index is 0.397. The molecule has 0 spiro atoms. The monoisotopic (exact) mass is 277 g/mol. The van der Waals surface area contributed by atoms with Crippen molar-refractivity contribution in [2.24, 2.45) is 5.92 Å². The Morgan fingerprint density at radius 3 is 3.05 bits per heavy atom. The molecule has 1 fully saturated rings. The Morgan fingerprint density at radius 2 is 2.26 bits per heavy atom. The number of hydrogen-bond donors (Lipinski definition) is 0. The molecule has 1 unspecified atom stereocenters. The molecule has 0 saturated carbocycles. The Labute approximate surface area is 117 Å².